The summed E-state index contributed by atoms with van der Waals surface area (Å²) in [4.78, 5) is 23.2. The number of ketones is 1. The van der Waals surface area contributed by atoms with Crippen molar-refractivity contribution in [3.05, 3.63) is 60.2 Å². The molecule has 0 aliphatic rings. The summed E-state index contributed by atoms with van der Waals surface area (Å²) in [7, 11) is 1.54. The molecule has 0 radical (unpaired) electrons. The van der Waals surface area contributed by atoms with Crippen LogP contribution in [0.4, 0.5) is 5.69 Å². The van der Waals surface area contributed by atoms with E-state index in [2.05, 4.69) is 10.5 Å². The van der Waals surface area contributed by atoms with Gasteiger partial charge in [0.15, 0.2) is 12.0 Å². The minimum Gasteiger partial charge on any atom is -0.497 e. The van der Waals surface area contributed by atoms with Crippen LogP contribution in [0.3, 0.4) is 0 Å². The van der Waals surface area contributed by atoms with Gasteiger partial charge in [0.25, 0.3) is 0 Å². The Hall–Kier alpha value is -2.95. The molecule has 21 heavy (non-hydrogen) atoms. The van der Waals surface area contributed by atoms with Crippen molar-refractivity contribution in [3.8, 4) is 5.75 Å². The van der Waals surface area contributed by atoms with Crippen LogP contribution in [0.1, 0.15) is 10.4 Å². The van der Waals surface area contributed by atoms with E-state index in [0.29, 0.717) is 23.3 Å². The fraction of sp³-hybridized carbons (Fsp3) is 0.0625. The number of Topliss-reactive ketones (excluding diaryl/α,β-unsaturated/α-hetero) is 1. The Labute approximate surface area is 122 Å². The molecule has 106 valence electrons. The van der Waals surface area contributed by atoms with Gasteiger partial charge in [-0.2, -0.15) is 5.10 Å². The van der Waals surface area contributed by atoms with Crippen molar-refractivity contribution in [3.63, 3.8) is 0 Å². The maximum atomic E-state index is 12.2. The van der Waals surface area contributed by atoms with Crippen LogP contribution in [0.15, 0.2) is 59.7 Å². The molecule has 2 aromatic carbocycles. The van der Waals surface area contributed by atoms with Crippen LogP contribution in [0.2, 0.25) is 0 Å². The Kier molecular flexibility index (Phi) is 4.82. The quantitative estimate of drug-likeness (QED) is 0.291. The number of carbonyl (C=O) groups is 2. The molecule has 0 saturated carbocycles. The van der Waals surface area contributed by atoms with Crippen LogP contribution in [0.5, 0.6) is 5.75 Å². The van der Waals surface area contributed by atoms with E-state index in [4.69, 9.17) is 4.74 Å². The predicted molar refractivity (Wildman–Crippen MR) is 80.9 cm³/mol. The number of hydrogen-bond donors (Lipinski definition) is 1. The fourth-order valence-corrected chi connectivity index (χ4v) is 1.66. The molecule has 5 heteroatoms. The van der Waals surface area contributed by atoms with Crippen molar-refractivity contribution >= 4 is 23.5 Å². The number of nitrogens with zero attached hydrogens (tertiary/aromatic N) is 1. The first-order valence-corrected chi connectivity index (χ1v) is 6.27. The Bertz CT molecular complexity index is 649. The zero-order chi connectivity index (χ0) is 15.1. The Balaban J connectivity index is 2.15. The molecule has 0 amide bonds. The number of methoxy groups -OCH3 is 1. The van der Waals surface area contributed by atoms with Gasteiger partial charge in [0.1, 0.15) is 5.75 Å². The highest BCUT2D eigenvalue weighted by molar-refractivity contribution is 6.63. The van der Waals surface area contributed by atoms with E-state index in [1.165, 1.54) is 0 Å². The van der Waals surface area contributed by atoms with Gasteiger partial charge < -0.3 is 4.74 Å². The molecule has 0 saturated heterocycles. The average molecular weight is 282 g/mol. The van der Waals surface area contributed by atoms with E-state index in [-0.39, 0.29) is 5.71 Å². The number of benzene rings is 2. The van der Waals surface area contributed by atoms with Crippen LogP contribution >= 0.6 is 0 Å². The van der Waals surface area contributed by atoms with Crippen molar-refractivity contribution in [2.45, 2.75) is 0 Å². The van der Waals surface area contributed by atoms with Gasteiger partial charge in [-0.3, -0.25) is 15.0 Å². The summed E-state index contributed by atoms with van der Waals surface area (Å²) >= 11 is 0. The van der Waals surface area contributed by atoms with Crippen molar-refractivity contribution in [1.29, 1.82) is 0 Å². The Morgan fingerprint density at radius 1 is 1.10 bits per heavy atom. The fourth-order valence-electron chi connectivity index (χ4n) is 1.66. The number of rotatable bonds is 6. The van der Waals surface area contributed by atoms with Crippen LogP contribution in [0.25, 0.3) is 0 Å². The van der Waals surface area contributed by atoms with Gasteiger partial charge in [-0.05, 0) is 36.4 Å². The summed E-state index contributed by atoms with van der Waals surface area (Å²) in [5, 5.41) is 3.85. The van der Waals surface area contributed by atoms with E-state index >= 15 is 0 Å². The first-order valence-electron chi connectivity index (χ1n) is 6.27. The SMILES string of the molecule is COc1ccc(C(=O)C(C=O)=NNc2ccccc2)cc1. The third-order valence-corrected chi connectivity index (χ3v) is 2.78. The smallest absolute Gasteiger partial charge is 0.216 e. The summed E-state index contributed by atoms with van der Waals surface area (Å²) in [6, 6.07) is 15.5. The van der Waals surface area contributed by atoms with Gasteiger partial charge in [0, 0.05) is 5.56 Å². The summed E-state index contributed by atoms with van der Waals surface area (Å²) in [5.41, 5.74) is 3.55. The molecular formula is C16H14N2O3. The largest absolute Gasteiger partial charge is 0.497 e. The number of carbonyl (C=O) groups excluding carboxylic acids is 2. The number of anilines is 1. The van der Waals surface area contributed by atoms with Gasteiger partial charge in [0.05, 0.1) is 12.8 Å². The lowest BCUT2D eigenvalue weighted by Crippen LogP contribution is -2.17. The van der Waals surface area contributed by atoms with Gasteiger partial charge in [-0.1, -0.05) is 18.2 Å². The van der Waals surface area contributed by atoms with Crippen LogP contribution in [-0.4, -0.2) is 24.9 Å². The summed E-state index contributed by atoms with van der Waals surface area (Å²) in [6.07, 6.45) is 0.433. The second-order valence-corrected chi connectivity index (χ2v) is 4.15. The normalized spacial score (nSPS) is 10.8. The summed E-state index contributed by atoms with van der Waals surface area (Å²) in [6.45, 7) is 0. The first kappa shape index (κ1) is 14.5. The van der Waals surface area contributed by atoms with E-state index in [0.717, 1.165) is 0 Å². The van der Waals surface area contributed by atoms with Crippen molar-refractivity contribution in [2.75, 3.05) is 12.5 Å². The lowest BCUT2D eigenvalue weighted by Gasteiger charge is -2.03. The number of ether oxygens (including phenoxy) is 1. The van der Waals surface area contributed by atoms with Crippen LogP contribution in [-0.2, 0) is 4.79 Å². The molecule has 5 nitrogen and oxygen atoms in total. The van der Waals surface area contributed by atoms with Crippen molar-refractivity contribution < 1.29 is 14.3 Å². The topological polar surface area (TPSA) is 67.8 Å². The minimum atomic E-state index is -0.448. The summed E-state index contributed by atoms with van der Waals surface area (Å²) in [5.74, 6) is 0.189. The lowest BCUT2D eigenvalue weighted by atomic mass is 10.1. The Morgan fingerprint density at radius 3 is 2.33 bits per heavy atom. The van der Waals surface area contributed by atoms with E-state index in [9.17, 15) is 9.59 Å². The molecule has 0 unspecified atom stereocenters. The van der Waals surface area contributed by atoms with Crippen molar-refractivity contribution in [1.82, 2.24) is 0 Å². The zero-order valence-corrected chi connectivity index (χ0v) is 11.4. The maximum absolute atomic E-state index is 12.2. The molecule has 2 rings (SSSR count). The van der Waals surface area contributed by atoms with E-state index < -0.39 is 5.78 Å². The molecule has 1 N–H and O–H groups in total. The molecule has 0 aliphatic carbocycles. The van der Waals surface area contributed by atoms with Gasteiger partial charge in [0.2, 0.25) is 5.78 Å². The molecule has 0 bridgehead atoms. The van der Waals surface area contributed by atoms with Crippen LogP contribution in [0, 0.1) is 0 Å². The maximum Gasteiger partial charge on any atom is 0.216 e. The third-order valence-electron chi connectivity index (χ3n) is 2.78. The lowest BCUT2D eigenvalue weighted by molar-refractivity contribution is -0.102. The second kappa shape index (κ2) is 7.00. The summed E-state index contributed by atoms with van der Waals surface area (Å²) < 4.78 is 5.02. The highest BCUT2D eigenvalue weighted by atomic mass is 16.5. The molecule has 0 aliphatic heterocycles. The Morgan fingerprint density at radius 2 is 1.76 bits per heavy atom. The molecule has 0 heterocycles. The number of para-hydroxylation sites is 1. The van der Waals surface area contributed by atoms with Crippen molar-refractivity contribution in [2.24, 2.45) is 5.10 Å². The van der Waals surface area contributed by atoms with Gasteiger partial charge in [-0.25, -0.2) is 0 Å². The highest BCUT2D eigenvalue weighted by Crippen LogP contribution is 2.12. The second-order valence-electron chi connectivity index (χ2n) is 4.15. The number of aldehydes is 1. The van der Waals surface area contributed by atoms with E-state index in [1.807, 2.05) is 18.2 Å². The minimum absolute atomic E-state index is 0.191. The third kappa shape index (κ3) is 3.76. The predicted octanol–water partition coefficient (Wildman–Crippen LogP) is 2.54. The van der Waals surface area contributed by atoms with Crippen LogP contribution < -0.4 is 10.2 Å². The number of hydrazone groups is 1. The molecule has 0 spiro atoms. The highest BCUT2D eigenvalue weighted by Gasteiger charge is 2.13. The number of nitrogens with one attached hydrogen (secondary N) is 1. The average Bonchev–Trinajstić information content (AvgIpc) is 2.56. The standard InChI is InChI=1S/C16H14N2O3/c1-21-14-9-7-12(8-10-14)16(20)15(11-19)18-17-13-5-3-2-4-6-13/h2-11,17H,1H3. The molecule has 0 aromatic heterocycles. The molecular weight excluding hydrogens is 268 g/mol. The van der Waals surface area contributed by atoms with Gasteiger partial charge in [-0.15, -0.1) is 0 Å². The monoisotopic (exact) mass is 282 g/mol. The molecule has 0 fully saturated rings. The molecule has 0 atom stereocenters. The first-order chi connectivity index (χ1) is 10.2. The zero-order valence-electron chi connectivity index (χ0n) is 11.4. The van der Waals surface area contributed by atoms with Gasteiger partial charge >= 0.3 is 0 Å². The van der Waals surface area contributed by atoms with E-state index in [1.54, 1.807) is 43.5 Å². The number of hydrogen-bond acceptors (Lipinski definition) is 5. The molecule has 2 aromatic rings.